The average Bonchev–Trinajstić information content (AvgIpc) is 2.45. The number of carbonyl (C=O) groups excluding carboxylic acids is 1. The van der Waals surface area contributed by atoms with Crippen molar-refractivity contribution in [2.45, 2.75) is 39.2 Å². The second kappa shape index (κ2) is 6.67. The van der Waals surface area contributed by atoms with Crippen molar-refractivity contribution in [3.63, 3.8) is 0 Å². The van der Waals surface area contributed by atoms with Gasteiger partial charge in [0.05, 0.1) is 0 Å². The van der Waals surface area contributed by atoms with Gasteiger partial charge in [0.15, 0.2) is 0 Å². The van der Waals surface area contributed by atoms with Crippen LogP contribution >= 0.6 is 0 Å². The standard InChI is InChI=1S/C18H23NO2/c1-18(2,3)21-17(20)19-13-7-10-16(14-19)12-11-15-8-5-4-6-9-15/h4-6,8-9,16H,7,10,13-14H2,1-3H3. The Labute approximate surface area is 127 Å². The minimum absolute atomic E-state index is 0.228. The molecule has 1 aliphatic rings. The smallest absolute Gasteiger partial charge is 0.410 e. The normalized spacial score (nSPS) is 18.6. The molecular formula is C18H23NO2. The number of piperidine rings is 1. The summed E-state index contributed by atoms with van der Waals surface area (Å²) in [5.41, 5.74) is 0.576. The Morgan fingerprint density at radius 1 is 1.29 bits per heavy atom. The Morgan fingerprint density at radius 3 is 2.67 bits per heavy atom. The van der Waals surface area contributed by atoms with E-state index in [9.17, 15) is 4.79 Å². The zero-order valence-corrected chi connectivity index (χ0v) is 13.1. The number of likely N-dealkylation sites (tertiary alicyclic amines) is 1. The van der Waals surface area contributed by atoms with Gasteiger partial charge >= 0.3 is 6.09 Å². The quantitative estimate of drug-likeness (QED) is 0.680. The van der Waals surface area contributed by atoms with Gasteiger partial charge in [-0.1, -0.05) is 30.0 Å². The van der Waals surface area contributed by atoms with Crippen molar-refractivity contribution >= 4 is 6.09 Å². The molecule has 1 fully saturated rings. The van der Waals surface area contributed by atoms with Crippen LogP contribution in [0.1, 0.15) is 39.2 Å². The largest absolute Gasteiger partial charge is 0.444 e. The SMILES string of the molecule is CC(C)(C)OC(=O)N1CCCC(C#Cc2ccccc2)C1. The van der Waals surface area contributed by atoms with Gasteiger partial charge in [-0.25, -0.2) is 4.79 Å². The number of amides is 1. The van der Waals surface area contributed by atoms with Crippen LogP contribution in [0.15, 0.2) is 30.3 Å². The first-order valence-electron chi connectivity index (χ1n) is 7.48. The summed E-state index contributed by atoms with van der Waals surface area (Å²) in [7, 11) is 0. The van der Waals surface area contributed by atoms with Gasteiger partial charge in [-0.15, -0.1) is 0 Å². The molecule has 1 aliphatic heterocycles. The fourth-order valence-electron chi connectivity index (χ4n) is 2.29. The van der Waals surface area contributed by atoms with E-state index in [0.717, 1.165) is 24.9 Å². The third kappa shape index (κ3) is 5.15. The van der Waals surface area contributed by atoms with Crippen molar-refractivity contribution < 1.29 is 9.53 Å². The Kier molecular flexibility index (Phi) is 4.90. The van der Waals surface area contributed by atoms with E-state index in [4.69, 9.17) is 4.74 Å². The summed E-state index contributed by atoms with van der Waals surface area (Å²) in [5, 5.41) is 0. The molecule has 0 N–H and O–H groups in total. The fourth-order valence-corrected chi connectivity index (χ4v) is 2.29. The molecule has 1 saturated heterocycles. The third-order valence-electron chi connectivity index (χ3n) is 3.27. The van der Waals surface area contributed by atoms with Crippen molar-refractivity contribution in [3.8, 4) is 11.8 Å². The van der Waals surface area contributed by atoms with E-state index >= 15 is 0 Å². The number of hydrogen-bond acceptors (Lipinski definition) is 2. The summed E-state index contributed by atoms with van der Waals surface area (Å²) in [4.78, 5) is 13.9. The summed E-state index contributed by atoms with van der Waals surface area (Å²) < 4.78 is 5.43. The molecule has 3 heteroatoms. The van der Waals surface area contributed by atoms with E-state index < -0.39 is 5.60 Å². The minimum Gasteiger partial charge on any atom is -0.444 e. The zero-order chi connectivity index (χ0) is 15.3. The minimum atomic E-state index is -0.445. The predicted molar refractivity (Wildman–Crippen MR) is 83.9 cm³/mol. The molecule has 0 spiro atoms. The van der Waals surface area contributed by atoms with E-state index in [1.807, 2.05) is 51.1 Å². The first kappa shape index (κ1) is 15.4. The lowest BCUT2D eigenvalue weighted by Crippen LogP contribution is -2.42. The zero-order valence-electron chi connectivity index (χ0n) is 13.1. The van der Waals surface area contributed by atoms with Crippen LogP contribution in [0.5, 0.6) is 0 Å². The highest BCUT2D eigenvalue weighted by molar-refractivity contribution is 5.68. The average molecular weight is 285 g/mol. The Morgan fingerprint density at radius 2 is 2.00 bits per heavy atom. The summed E-state index contributed by atoms with van der Waals surface area (Å²) >= 11 is 0. The molecule has 0 radical (unpaired) electrons. The van der Waals surface area contributed by atoms with Crippen LogP contribution in [0.2, 0.25) is 0 Å². The van der Waals surface area contributed by atoms with E-state index in [1.165, 1.54) is 0 Å². The van der Waals surface area contributed by atoms with Crippen LogP contribution < -0.4 is 0 Å². The highest BCUT2D eigenvalue weighted by Crippen LogP contribution is 2.19. The van der Waals surface area contributed by atoms with Crippen molar-refractivity contribution in [3.05, 3.63) is 35.9 Å². The van der Waals surface area contributed by atoms with Gasteiger partial charge < -0.3 is 9.64 Å². The molecule has 1 heterocycles. The Bertz CT molecular complexity index is 534. The van der Waals surface area contributed by atoms with Crippen molar-refractivity contribution in [1.82, 2.24) is 4.90 Å². The lowest BCUT2D eigenvalue weighted by molar-refractivity contribution is 0.0190. The second-order valence-corrected chi connectivity index (χ2v) is 6.40. The van der Waals surface area contributed by atoms with E-state index in [2.05, 4.69) is 11.8 Å². The molecule has 1 atom stereocenters. The second-order valence-electron chi connectivity index (χ2n) is 6.40. The lowest BCUT2D eigenvalue weighted by atomic mass is 9.98. The molecule has 0 aromatic heterocycles. The molecular weight excluding hydrogens is 262 g/mol. The highest BCUT2D eigenvalue weighted by Gasteiger charge is 2.26. The number of rotatable bonds is 0. The number of hydrogen-bond donors (Lipinski definition) is 0. The van der Waals surface area contributed by atoms with Crippen molar-refractivity contribution in [2.24, 2.45) is 5.92 Å². The molecule has 0 bridgehead atoms. The fraction of sp³-hybridized carbons (Fsp3) is 0.500. The third-order valence-corrected chi connectivity index (χ3v) is 3.27. The maximum Gasteiger partial charge on any atom is 0.410 e. The number of nitrogens with zero attached hydrogens (tertiary/aromatic N) is 1. The van der Waals surface area contributed by atoms with E-state index in [0.29, 0.717) is 6.54 Å². The predicted octanol–water partition coefficient (Wildman–Crippen LogP) is 3.69. The maximum absolute atomic E-state index is 12.1. The molecule has 1 amide bonds. The van der Waals surface area contributed by atoms with Crippen LogP contribution in [-0.4, -0.2) is 29.7 Å². The first-order valence-corrected chi connectivity index (χ1v) is 7.48. The van der Waals surface area contributed by atoms with Gasteiger partial charge in [-0.3, -0.25) is 0 Å². The molecule has 1 aromatic carbocycles. The molecule has 21 heavy (non-hydrogen) atoms. The van der Waals surface area contributed by atoms with Gasteiger partial charge in [0, 0.05) is 24.6 Å². The van der Waals surface area contributed by atoms with Gasteiger partial charge in [-0.2, -0.15) is 0 Å². The van der Waals surface area contributed by atoms with Crippen LogP contribution in [0.3, 0.4) is 0 Å². The van der Waals surface area contributed by atoms with Gasteiger partial charge in [0.25, 0.3) is 0 Å². The molecule has 3 nitrogen and oxygen atoms in total. The van der Waals surface area contributed by atoms with Gasteiger partial charge in [0.2, 0.25) is 0 Å². The molecule has 2 rings (SSSR count). The van der Waals surface area contributed by atoms with Gasteiger partial charge in [0.1, 0.15) is 5.60 Å². The Hall–Kier alpha value is -1.95. The molecule has 0 aliphatic carbocycles. The van der Waals surface area contributed by atoms with Gasteiger partial charge in [-0.05, 0) is 45.7 Å². The maximum atomic E-state index is 12.1. The first-order chi connectivity index (χ1) is 9.94. The van der Waals surface area contributed by atoms with Crippen LogP contribution in [0.25, 0.3) is 0 Å². The molecule has 1 aromatic rings. The Balaban J connectivity index is 1.95. The summed E-state index contributed by atoms with van der Waals surface area (Å²) in [6, 6.07) is 9.95. The highest BCUT2D eigenvalue weighted by atomic mass is 16.6. The number of ether oxygens (including phenoxy) is 1. The van der Waals surface area contributed by atoms with Crippen molar-refractivity contribution in [1.29, 1.82) is 0 Å². The lowest BCUT2D eigenvalue weighted by Gasteiger charge is -2.32. The molecule has 0 saturated carbocycles. The molecule has 1 unspecified atom stereocenters. The van der Waals surface area contributed by atoms with Crippen LogP contribution in [0, 0.1) is 17.8 Å². The summed E-state index contributed by atoms with van der Waals surface area (Å²) in [6.45, 7) is 7.10. The van der Waals surface area contributed by atoms with Crippen LogP contribution in [-0.2, 0) is 4.74 Å². The summed E-state index contributed by atoms with van der Waals surface area (Å²) in [6.07, 6.45) is 1.79. The number of benzene rings is 1. The topological polar surface area (TPSA) is 29.5 Å². The molecule has 112 valence electrons. The monoisotopic (exact) mass is 285 g/mol. The summed E-state index contributed by atoms with van der Waals surface area (Å²) in [5.74, 6) is 6.71. The van der Waals surface area contributed by atoms with E-state index in [-0.39, 0.29) is 12.0 Å². The number of carbonyl (C=O) groups is 1. The van der Waals surface area contributed by atoms with E-state index in [1.54, 1.807) is 4.90 Å². The van der Waals surface area contributed by atoms with Crippen LogP contribution in [0.4, 0.5) is 4.79 Å². The van der Waals surface area contributed by atoms with Crippen molar-refractivity contribution in [2.75, 3.05) is 13.1 Å².